The van der Waals surface area contributed by atoms with E-state index in [1.165, 1.54) is 29.5 Å². The average molecular weight is 384 g/mol. The molecule has 0 fully saturated rings. The molecule has 1 N–H and O–H groups in total. The Morgan fingerprint density at radius 1 is 1.04 bits per heavy atom. The number of aromatic nitrogens is 2. The molecule has 1 aromatic carbocycles. The molecule has 3 aromatic rings. The highest BCUT2D eigenvalue weighted by Crippen LogP contribution is 2.30. The maximum absolute atomic E-state index is 12.6. The van der Waals surface area contributed by atoms with Gasteiger partial charge in [0.15, 0.2) is 5.82 Å². The summed E-state index contributed by atoms with van der Waals surface area (Å²) in [6, 6.07) is 7.65. The Bertz CT molecular complexity index is 892. The lowest BCUT2D eigenvalue weighted by Gasteiger charge is -2.07. The molecule has 0 atom stereocenters. The van der Waals surface area contributed by atoms with Crippen LogP contribution >= 0.6 is 22.9 Å². The van der Waals surface area contributed by atoms with Crippen molar-refractivity contribution in [2.24, 2.45) is 0 Å². The van der Waals surface area contributed by atoms with Crippen LogP contribution in [0.3, 0.4) is 0 Å². The molecule has 0 unspecified atom stereocenters. The zero-order chi connectivity index (χ0) is 18.0. The van der Waals surface area contributed by atoms with E-state index in [2.05, 4.69) is 15.5 Å². The molecule has 0 saturated heterocycles. The Hall–Kier alpha value is -2.45. The van der Waals surface area contributed by atoms with Crippen LogP contribution < -0.4 is 5.32 Å². The molecule has 3 rings (SSSR count). The number of amides is 1. The van der Waals surface area contributed by atoms with Gasteiger partial charge in [-0.15, -0.1) is 21.5 Å². The highest BCUT2D eigenvalue weighted by atomic mass is 35.5. The van der Waals surface area contributed by atoms with Gasteiger partial charge in [-0.3, -0.25) is 4.79 Å². The minimum absolute atomic E-state index is 0.211. The molecular formula is C16H9ClF3N3OS. The van der Waals surface area contributed by atoms with Crippen LogP contribution in [0.4, 0.5) is 19.0 Å². The molecule has 2 aromatic heterocycles. The van der Waals surface area contributed by atoms with Crippen LogP contribution in [0.15, 0.2) is 47.2 Å². The summed E-state index contributed by atoms with van der Waals surface area (Å²) in [4.78, 5) is 12.0. The van der Waals surface area contributed by atoms with Gasteiger partial charge in [0, 0.05) is 16.3 Å². The van der Waals surface area contributed by atoms with Gasteiger partial charge in [-0.2, -0.15) is 13.2 Å². The molecule has 0 aliphatic carbocycles. The van der Waals surface area contributed by atoms with E-state index in [0.29, 0.717) is 21.8 Å². The summed E-state index contributed by atoms with van der Waals surface area (Å²) in [5.74, 6) is -0.203. The molecule has 25 heavy (non-hydrogen) atoms. The standard InChI is InChI=1S/C16H9ClF3N3OS/c17-12-8-25-7-11(12)15(24)21-14-6-5-13(22-23-14)9-1-3-10(4-2-9)16(18,19)20/h1-8H,(H,21,23,24). The summed E-state index contributed by atoms with van der Waals surface area (Å²) in [7, 11) is 0. The Kier molecular flexibility index (Phi) is 4.73. The molecule has 4 nitrogen and oxygen atoms in total. The van der Waals surface area contributed by atoms with E-state index in [0.717, 1.165) is 12.1 Å². The van der Waals surface area contributed by atoms with Crippen LogP contribution in [-0.2, 0) is 6.18 Å². The maximum Gasteiger partial charge on any atom is 0.416 e. The maximum atomic E-state index is 12.6. The second kappa shape index (κ2) is 6.81. The normalized spacial score (nSPS) is 11.4. The Morgan fingerprint density at radius 2 is 1.76 bits per heavy atom. The fourth-order valence-electron chi connectivity index (χ4n) is 2.01. The highest BCUT2D eigenvalue weighted by Gasteiger charge is 2.30. The summed E-state index contributed by atoms with van der Waals surface area (Å²) >= 11 is 7.18. The molecule has 2 heterocycles. The lowest BCUT2D eigenvalue weighted by molar-refractivity contribution is -0.137. The van der Waals surface area contributed by atoms with Crippen LogP contribution in [0.5, 0.6) is 0 Å². The number of halogens is 4. The summed E-state index contributed by atoms with van der Waals surface area (Å²) in [6.45, 7) is 0. The van der Waals surface area contributed by atoms with E-state index in [1.54, 1.807) is 16.8 Å². The minimum Gasteiger partial charge on any atom is -0.305 e. The van der Waals surface area contributed by atoms with Crippen molar-refractivity contribution in [3.05, 3.63) is 63.3 Å². The Morgan fingerprint density at radius 3 is 2.28 bits per heavy atom. The predicted molar refractivity (Wildman–Crippen MR) is 89.8 cm³/mol. The first-order valence-electron chi connectivity index (χ1n) is 6.89. The quantitative estimate of drug-likeness (QED) is 0.682. The number of thiophene rings is 1. The molecule has 0 saturated carbocycles. The largest absolute Gasteiger partial charge is 0.416 e. The van der Waals surface area contributed by atoms with Gasteiger partial charge in [0.1, 0.15) is 0 Å². The van der Waals surface area contributed by atoms with Crippen LogP contribution in [0.1, 0.15) is 15.9 Å². The van der Waals surface area contributed by atoms with E-state index in [1.807, 2.05) is 0 Å². The Balaban J connectivity index is 1.74. The van der Waals surface area contributed by atoms with Gasteiger partial charge in [-0.25, -0.2) is 0 Å². The number of carbonyl (C=O) groups is 1. The highest BCUT2D eigenvalue weighted by molar-refractivity contribution is 7.08. The molecule has 1 amide bonds. The lowest BCUT2D eigenvalue weighted by Crippen LogP contribution is -2.13. The van der Waals surface area contributed by atoms with Gasteiger partial charge in [0.25, 0.3) is 5.91 Å². The zero-order valence-corrected chi connectivity index (χ0v) is 13.9. The van der Waals surface area contributed by atoms with Gasteiger partial charge >= 0.3 is 6.18 Å². The molecule has 0 aliphatic rings. The van der Waals surface area contributed by atoms with Gasteiger partial charge in [0.05, 0.1) is 21.8 Å². The number of hydrogen-bond acceptors (Lipinski definition) is 4. The molecule has 0 spiro atoms. The fourth-order valence-corrected chi connectivity index (χ4v) is 3.05. The van der Waals surface area contributed by atoms with Crippen molar-refractivity contribution in [2.75, 3.05) is 5.32 Å². The van der Waals surface area contributed by atoms with Crippen molar-refractivity contribution in [3.8, 4) is 11.3 Å². The first-order chi connectivity index (χ1) is 11.8. The monoisotopic (exact) mass is 383 g/mol. The third-order valence-corrected chi connectivity index (χ3v) is 4.46. The summed E-state index contributed by atoms with van der Waals surface area (Å²) in [6.07, 6.45) is -4.39. The van der Waals surface area contributed by atoms with Crippen LogP contribution in [0.2, 0.25) is 5.02 Å². The fraction of sp³-hybridized carbons (Fsp3) is 0.0625. The van der Waals surface area contributed by atoms with Crippen molar-refractivity contribution >= 4 is 34.7 Å². The van der Waals surface area contributed by atoms with Crippen LogP contribution in [0.25, 0.3) is 11.3 Å². The summed E-state index contributed by atoms with van der Waals surface area (Å²) in [5, 5.41) is 13.9. The van der Waals surface area contributed by atoms with E-state index in [-0.39, 0.29) is 5.82 Å². The van der Waals surface area contributed by atoms with E-state index in [9.17, 15) is 18.0 Å². The zero-order valence-electron chi connectivity index (χ0n) is 12.3. The van der Waals surface area contributed by atoms with Gasteiger partial charge < -0.3 is 5.32 Å². The van der Waals surface area contributed by atoms with Crippen molar-refractivity contribution in [2.45, 2.75) is 6.18 Å². The number of hydrogen-bond donors (Lipinski definition) is 1. The van der Waals surface area contributed by atoms with Gasteiger partial charge in [-0.1, -0.05) is 23.7 Å². The molecular weight excluding hydrogens is 375 g/mol. The van der Waals surface area contributed by atoms with Crippen LogP contribution in [0, 0.1) is 0 Å². The number of anilines is 1. The minimum atomic E-state index is -4.39. The predicted octanol–water partition coefficient (Wildman–Crippen LogP) is 5.13. The smallest absolute Gasteiger partial charge is 0.305 e. The second-order valence-electron chi connectivity index (χ2n) is 4.97. The Labute approximate surface area is 149 Å². The number of alkyl halides is 3. The van der Waals surface area contributed by atoms with Crippen molar-refractivity contribution < 1.29 is 18.0 Å². The van der Waals surface area contributed by atoms with Crippen molar-refractivity contribution in [1.29, 1.82) is 0 Å². The topological polar surface area (TPSA) is 54.9 Å². The first kappa shape index (κ1) is 17.4. The molecule has 9 heteroatoms. The third-order valence-electron chi connectivity index (χ3n) is 3.27. The van der Waals surface area contributed by atoms with Crippen molar-refractivity contribution in [1.82, 2.24) is 10.2 Å². The lowest BCUT2D eigenvalue weighted by atomic mass is 10.1. The molecule has 0 aliphatic heterocycles. The summed E-state index contributed by atoms with van der Waals surface area (Å²) in [5.41, 5.74) is 0.473. The SMILES string of the molecule is O=C(Nc1ccc(-c2ccc(C(F)(F)F)cc2)nn1)c1cscc1Cl. The van der Waals surface area contributed by atoms with E-state index >= 15 is 0 Å². The number of carbonyl (C=O) groups excluding carboxylic acids is 1. The number of nitrogens with zero attached hydrogens (tertiary/aromatic N) is 2. The molecule has 128 valence electrons. The second-order valence-corrected chi connectivity index (χ2v) is 6.12. The third kappa shape index (κ3) is 3.97. The van der Waals surface area contributed by atoms with Gasteiger partial charge in [-0.05, 0) is 24.3 Å². The van der Waals surface area contributed by atoms with Gasteiger partial charge in [0.2, 0.25) is 0 Å². The number of nitrogens with one attached hydrogen (secondary N) is 1. The first-order valence-corrected chi connectivity index (χ1v) is 8.21. The number of benzene rings is 1. The van der Waals surface area contributed by atoms with Crippen LogP contribution in [-0.4, -0.2) is 16.1 Å². The average Bonchev–Trinajstić information content (AvgIpc) is 3.01. The van der Waals surface area contributed by atoms with E-state index in [4.69, 9.17) is 11.6 Å². The molecule has 0 radical (unpaired) electrons. The number of rotatable bonds is 3. The summed E-state index contributed by atoms with van der Waals surface area (Å²) < 4.78 is 37.7. The molecule has 0 bridgehead atoms. The van der Waals surface area contributed by atoms with E-state index < -0.39 is 17.6 Å². The van der Waals surface area contributed by atoms with Crippen molar-refractivity contribution in [3.63, 3.8) is 0 Å².